The number of hydrogen-bond acceptors (Lipinski definition) is 2. The molecule has 84 valence electrons. The lowest BCUT2D eigenvalue weighted by Crippen LogP contribution is -1.84. The lowest BCUT2D eigenvalue weighted by Gasteiger charge is -2.02. The van der Waals surface area contributed by atoms with Gasteiger partial charge in [0.2, 0.25) is 0 Å². The summed E-state index contributed by atoms with van der Waals surface area (Å²) in [6.45, 7) is 6.15. The van der Waals surface area contributed by atoms with Crippen molar-refractivity contribution in [3.05, 3.63) is 48.5 Å². The molecule has 0 bridgehead atoms. The lowest BCUT2D eigenvalue weighted by molar-refractivity contribution is 1.14. The molecule has 0 fully saturated rings. The molecular formula is C14H18N2. The summed E-state index contributed by atoms with van der Waals surface area (Å²) in [5.74, 6) is 0. The van der Waals surface area contributed by atoms with Gasteiger partial charge >= 0.3 is 0 Å². The predicted molar refractivity (Wildman–Crippen MR) is 68.2 cm³/mol. The van der Waals surface area contributed by atoms with Gasteiger partial charge in [0, 0.05) is 18.0 Å². The Bertz CT molecular complexity index is 410. The van der Waals surface area contributed by atoms with Crippen LogP contribution in [0.3, 0.4) is 0 Å². The van der Waals surface area contributed by atoms with Gasteiger partial charge < -0.3 is 0 Å². The van der Waals surface area contributed by atoms with Crippen LogP contribution in [0.2, 0.25) is 0 Å². The van der Waals surface area contributed by atoms with Crippen molar-refractivity contribution in [1.29, 1.82) is 0 Å². The molecule has 0 spiro atoms. The molecule has 0 saturated heterocycles. The van der Waals surface area contributed by atoms with Crippen LogP contribution in [0.1, 0.15) is 26.3 Å². The molecule has 0 aliphatic heterocycles. The minimum atomic E-state index is 1.06. The average molecular weight is 214 g/mol. The van der Waals surface area contributed by atoms with E-state index in [0.717, 1.165) is 12.0 Å². The SMILES string of the molecule is CC.CCc1cccc(-c2cncnc2)c1. The first-order valence-corrected chi connectivity index (χ1v) is 5.74. The Morgan fingerprint density at radius 1 is 1.00 bits per heavy atom. The number of aromatic nitrogens is 2. The maximum absolute atomic E-state index is 4.01. The van der Waals surface area contributed by atoms with E-state index in [1.165, 1.54) is 11.1 Å². The summed E-state index contributed by atoms with van der Waals surface area (Å²) in [5, 5.41) is 0. The molecule has 2 aromatic rings. The molecule has 16 heavy (non-hydrogen) atoms. The minimum absolute atomic E-state index is 1.06. The van der Waals surface area contributed by atoms with Crippen molar-refractivity contribution >= 4 is 0 Å². The Labute approximate surface area is 97.4 Å². The van der Waals surface area contributed by atoms with Crippen LogP contribution in [0.25, 0.3) is 11.1 Å². The molecule has 1 aromatic heterocycles. The van der Waals surface area contributed by atoms with E-state index in [1.54, 1.807) is 6.33 Å². The van der Waals surface area contributed by atoms with Gasteiger partial charge in [-0.25, -0.2) is 9.97 Å². The summed E-state index contributed by atoms with van der Waals surface area (Å²) in [4.78, 5) is 8.01. The Kier molecular flexibility index (Phi) is 5.20. The standard InChI is InChI=1S/C12H12N2.C2H6/c1-2-10-4-3-5-11(6-10)12-7-13-9-14-8-12;1-2/h3-9H,2H2,1H3;1-2H3. The van der Waals surface area contributed by atoms with Crippen LogP contribution in [0.15, 0.2) is 43.0 Å². The zero-order chi connectivity index (χ0) is 11.8. The second-order valence-corrected chi connectivity index (χ2v) is 3.18. The topological polar surface area (TPSA) is 25.8 Å². The largest absolute Gasteiger partial charge is 0.244 e. The van der Waals surface area contributed by atoms with Crippen molar-refractivity contribution in [2.45, 2.75) is 27.2 Å². The van der Waals surface area contributed by atoms with Crippen molar-refractivity contribution < 1.29 is 0 Å². The quantitative estimate of drug-likeness (QED) is 0.761. The van der Waals surface area contributed by atoms with Gasteiger partial charge in [-0.05, 0) is 17.5 Å². The van der Waals surface area contributed by atoms with Crippen molar-refractivity contribution in [2.24, 2.45) is 0 Å². The van der Waals surface area contributed by atoms with Crippen LogP contribution >= 0.6 is 0 Å². The number of aryl methyl sites for hydroxylation is 1. The van der Waals surface area contributed by atoms with Crippen LogP contribution in [-0.4, -0.2) is 9.97 Å². The zero-order valence-electron chi connectivity index (χ0n) is 10.1. The van der Waals surface area contributed by atoms with Gasteiger partial charge in [0.15, 0.2) is 0 Å². The normalized spacial score (nSPS) is 9.19. The smallest absolute Gasteiger partial charge is 0.115 e. The predicted octanol–water partition coefficient (Wildman–Crippen LogP) is 3.73. The third-order valence-corrected chi connectivity index (χ3v) is 2.23. The number of benzene rings is 1. The van der Waals surface area contributed by atoms with Crippen LogP contribution in [0.5, 0.6) is 0 Å². The molecule has 0 radical (unpaired) electrons. The molecule has 0 amide bonds. The van der Waals surface area contributed by atoms with Gasteiger partial charge in [-0.1, -0.05) is 45.0 Å². The monoisotopic (exact) mass is 214 g/mol. The molecule has 1 aromatic carbocycles. The van der Waals surface area contributed by atoms with E-state index in [0.29, 0.717) is 0 Å². The molecule has 0 saturated carbocycles. The lowest BCUT2D eigenvalue weighted by atomic mass is 10.0. The molecular weight excluding hydrogens is 196 g/mol. The van der Waals surface area contributed by atoms with Crippen molar-refractivity contribution in [2.75, 3.05) is 0 Å². The second-order valence-electron chi connectivity index (χ2n) is 3.18. The third-order valence-electron chi connectivity index (χ3n) is 2.23. The summed E-state index contributed by atoms with van der Waals surface area (Å²) in [7, 11) is 0. The molecule has 2 rings (SSSR count). The minimum Gasteiger partial charge on any atom is -0.244 e. The van der Waals surface area contributed by atoms with Crippen molar-refractivity contribution in [3.8, 4) is 11.1 Å². The van der Waals surface area contributed by atoms with Gasteiger partial charge in [-0.3, -0.25) is 0 Å². The molecule has 0 unspecified atom stereocenters. The van der Waals surface area contributed by atoms with Crippen molar-refractivity contribution in [1.82, 2.24) is 9.97 Å². The molecule has 2 nitrogen and oxygen atoms in total. The van der Waals surface area contributed by atoms with E-state index in [1.807, 2.05) is 26.2 Å². The fourth-order valence-electron chi connectivity index (χ4n) is 1.42. The van der Waals surface area contributed by atoms with Crippen LogP contribution in [-0.2, 0) is 6.42 Å². The van der Waals surface area contributed by atoms with Gasteiger partial charge in [-0.2, -0.15) is 0 Å². The first kappa shape index (κ1) is 12.4. The highest BCUT2D eigenvalue weighted by Crippen LogP contribution is 2.18. The van der Waals surface area contributed by atoms with Crippen molar-refractivity contribution in [3.63, 3.8) is 0 Å². The number of rotatable bonds is 2. The summed E-state index contributed by atoms with van der Waals surface area (Å²) in [6, 6.07) is 8.46. The Morgan fingerprint density at radius 2 is 1.69 bits per heavy atom. The maximum Gasteiger partial charge on any atom is 0.115 e. The molecule has 0 atom stereocenters. The molecule has 0 aliphatic rings. The van der Waals surface area contributed by atoms with Gasteiger partial charge in [0.1, 0.15) is 6.33 Å². The Hall–Kier alpha value is -1.70. The number of hydrogen-bond donors (Lipinski definition) is 0. The third kappa shape index (κ3) is 3.16. The fraction of sp³-hybridized carbons (Fsp3) is 0.286. The van der Waals surface area contributed by atoms with E-state index in [2.05, 4.69) is 41.2 Å². The Morgan fingerprint density at radius 3 is 2.31 bits per heavy atom. The van der Waals surface area contributed by atoms with Gasteiger partial charge in [0.25, 0.3) is 0 Å². The first-order valence-electron chi connectivity index (χ1n) is 5.74. The van der Waals surface area contributed by atoms with E-state index in [-0.39, 0.29) is 0 Å². The molecule has 0 N–H and O–H groups in total. The summed E-state index contributed by atoms with van der Waals surface area (Å²) >= 11 is 0. The summed E-state index contributed by atoms with van der Waals surface area (Å²) in [5.41, 5.74) is 3.60. The second kappa shape index (κ2) is 6.72. The van der Waals surface area contributed by atoms with Gasteiger partial charge in [-0.15, -0.1) is 0 Å². The van der Waals surface area contributed by atoms with E-state index >= 15 is 0 Å². The molecule has 0 aliphatic carbocycles. The van der Waals surface area contributed by atoms with Crippen LogP contribution < -0.4 is 0 Å². The van der Waals surface area contributed by atoms with Crippen LogP contribution in [0.4, 0.5) is 0 Å². The highest BCUT2D eigenvalue weighted by Gasteiger charge is 1.97. The molecule has 1 heterocycles. The summed E-state index contributed by atoms with van der Waals surface area (Å²) < 4.78 is 0. The average Bonchev–Trinajstić information content (AvgIpc) is 2.42. The highest BCUT2D eigenvalue weighted by molar-refractivity contribution is 5.62. The fourth-order valence-corrected chi connectivity index (χ4v) is 1.42. The maximum atomic E-state index is 4.01. The van der Waals surface area contributed by atoms with E-state index in [9.17, 15) is 0 Å². The van der Waals surface area contributed by atoms with Crippen LogP contribution in [0, 0.1) is 0 Å². The van der Waals surface area contributed by atoms with Gasteiger partial charge in [0.05, 0.1) is 0 Å². The number of nitrogens with zero attached hydrogens (tertiary/aromatic N) is 2. The molecule has 2 heteroatoms. The van der Waals surface area contributed by atoms with E-state index in [4.69, 9.17) is 0 Å². The highest BCUT2D eigenvalue weighted by atomic mass is 14.8. The summed E-state index contributed by atoms with van der Waals surface area (Å²) in [6.07, 6.45) is 6.28. The Balaban J connectivity index is 0.000000606. The zero-order valence-corrected chi connectivity index (χ0v) is 10.1. The first-order chi connectivity index (χ1) is 7.90. The van der Waals surface area contributed by atoms with E-state index < -0.39 is 0 Å².